The SMILES string of the molecule is Cc1ccc(N[C@@H]2c3ncccc3C(=O)N2Cc2ccc(F)cc2)cc1. The number of hydrogen-bond donors (Lipinski definition) is 1. The highest BCUT2D eigenvalue weighted by molar-refractivity contribution is 5.98. The molecule has 1 amide bonds. The van der Waals surface area contributed by atoms with Gasteiger partial charge in [0.15, 0.2) is 0 Å². The third kappa shape index (κ3) is 3.04. The number of fused-ring (bicyclic) bond motifs is 1. The quantitative estimate of drug-likeness (QED) is 0.765. The zero-order valence-electron chi connectivity index (χ0n) is 14.3. The summed E-state index contributed by atoms with van der Waals surface area (Å²) in [6.07, 6.45) is 1.32. The first-order valence-corrected chi connectivity index (χ1v) is 8.45. The van der Waals surface area contributed by atoms with E-state index in [1.165, 1.54) is 17.7 Å². The zero-order chi connectivity index (χ0) is 18.1. The summed E-state index contributed by atoms with van der Waals surface area (Å²) in [6, 6.07) is 17.8. The standard InChI is InChI=1S/C21H18FN3O/c1-14-4-10-17(11-5-14)24-20-19-18(3-2-12-23-19)21(26)25(20)13-15-6-8-16(22)9-7-15/h2-12,20,24H,13H2,1H3/t20-/m0/s1. The van der Waals surface area contributed by atoms with Crippen molar-refractivity contribution < 1.29 is 9.18 Å². The molecule has 3 aromatic rings. The molecule has 1 aliphatic heterocycles. The van der Waals surface area contributed by atoms with Crippen molar-refractivity contribution in [3.63, 3.8) is 0 Å². The van der Waals surface area contributed by atoms with E-state index in [2.05, 4.69) is 10.3 Å². The van der Waals surface area contributed by atoms with Gasteiger partial charge in [0, 0.05) is 18.4 Å². The maximum absolute atomic E-state index is 13.2. The van der Waals surface area contributed by atoms with E-state index in [9.17, 15) is 9.18 Å². The lowest BCUT2D eigenvalue weighted by molar-refractivity contribution is 0.0728. The molecule has 1 aliphatic rings. The van der Waals surface area contributed by atoms with Crippen LogP contribution in [0.25, 0.3) is 0 Å². The average Bonchev–Trinajstić information content (AvgIpc) is 2.91. The van der Waals surface area contributed by atoms with E-state index in [4.69, 9.17) is 0 Å². The van der Waals surface area contributed by atoms with Gasteiger partial charge in [0.1, 0.15) is 12.0 Å². The molecule has 0 aliphatic carbocycles. The Morgan fingerprint density at radius 1 is 1.08 bits per heavy atom. The van der Waals surface area contributed by atoms with Gasteiger partial charge in [-0.2, -0.15) is 0 Å². The van der Waals surface area contributed by atoms with E-state index < -0.39 is 0 Å². The van der Waals surface area contributed by atoms with E-state index in [-0.39, 0.29) is 17.9 Å². The summed E-state index contributed by atoms with van der Waals surface area (Å²) in [5.41, 5.74) is 4.25. The van der Waals surface area contributed by atoms with E-state index in [1.54, 1.807) is 35.4 Å². The molecule has 0 fully saturated rings. The zero-order valence-corrected chi connectivity index (χ0v) is 14.3. The summed E-state index contributed by atoms with van der Waals surface area (Å²) in [4.78, 5) is 19.0. The molecule has 2 heterocycles. The fourth-order valence-electron chi connectivity index (χ4n) is 3.14. The predicted octanol–water partition coefficient (Wildman–Crippen LogP) is 4.30. The number of amides is 1. The lowest BCUT2D eigenvalue weighted by Crippen LogP contribution is -2.32. The maximum Gasteiger partial charge on any atom is 0.258 e. The number of carbonyl (C=O) groups is 1. The van der Waals surface area contributed by atoms with E-state index in [0.717, 1.165) is 11.3 Å². The lowest BCUT2D eigenvalue weighted by Gasteiger charge is -2.26. The minimum atomic E-state index is -0.369. The normalized spacial score (nSPS) is 15.8. The second-order valence-electron chi connectivity index (χ2n) is 6.41. The van der Waals surface area contributed by atoms with Crippen LogP contribution < -0.4 is 5.32 Å². The molecule has 26 heavy (non-hydrogen) atoms. The Morgan fingerprint density at radius 3 is 2.54 bits per heavy atom. The molecular formula is C21H18FN3O. The van der Waals surface area contributed by atoms with Gasteiger partial charge in [-0.1, -0.05) is 29.8 Å². The minimum Gasteiger partial charge on any atom is -0.360 e. The summed E-state index contributed by atoms with van der Waals surface area (Å²) < 4.78 is 13.2. The van der Waals surface area contributed by atoms with E-state index in [0.29, 0.717) is 17.8 Å². The molecular weight excluding hydrogens is 329 g/mol. The number of pyridine rings is 1. The fourth-order valence-corrected chi connectivity index (χ4v) is 3.14. The Hall–Kier alpha value is -3.21. The average molecular weight is 347 g/mol. The molecule has 4 rings (SSSR count). The monoisotopic (exact) mass is 347 g/mol. The number of benzene rings is 2. The number of aromatic nitrogens is 1. The summed E-state index contributed by atoms with van der Waals surface area (Å²) in [5.74, 6) is -0.372. The number of hydrogen-bond acceptors (Lipinski definition) is 3. The molecule has 0 saturated carbocycles. The Balaban J connectivity index is 1.67. The molecule has 1 aromatic heterocycles. The van der Waals surface area contributed by atoms with E-state index in [1.807, 2.05) is 31.2 Å². The molecule has 2 aromatic carbocycles. The number of nitrogens with one attached hydrogen (secondary N) is 1. The highest BCUT2D eigenvalue weighted by Crippen LogP contribution is 2.34. The first kappa shape index (κ1) is 16.3. The highest BCUT2D eigenvalue weighted by atomic mass is 19.1. The first-order valence-electron chi connectivity index (χ1n) is 8.45. The van der Waals surface area contributed by atoms with Gasteiger partial charge < -0.3 is 10.2 Å². The van der Waals surface area contributed by atoms with Gasteiger partial charge in [0.05, 0.1) is 11.3 Å². The Bertz CT molecular complexity index is 938. The van der Waals surface area contributed by atoms with Crippen molar-refractivity contribution in [2.45, 2.75) is 19.6 Å². The van der Waals surface area contributed by atoms with Crippen molar-refractivity contribution in [1.82, 2.24) is 9.88 Å². The van der Waals surface area contributed by atoms with Gasteiger partial charge in [0.2, 0.25) is 0 Å². The van der Waals surface area contributed by atoms with Gasteiger partial charge in [-0.3, -0.25) is 9.78 Å². The molecule has 5 heteroatoms. The molecule has 130 valence electrons. The van der Waals surface area contributed by atoms with Crippen LogP contribution in [-0.4, -0.2) is 15.8 Å². The van der Waals surface area contributed by atoms with Gasteiger partial charge in [-0.05, 0) is 48.9 Å². The molecule has 0 radical (unpaired) electrons. The molecule has 0 spiro atoms. The molecule has 0 unspecified atom stereocenters. The smallest absolute Gasteiger partial charge is 0.258 e. The van der Waals surface area contributed by atoms with Crippen LogP contribution in [0.3, 0.4) is 0 Å². The van der Waals surface area contributed by atoms with Crippen molar-refractivity contribution in [2.24, 2.45) is 0 Å². The van der Waals surface area contributed by atoms with Crippen LogP contribution in [0.15, 0.2) is 66.9 Å². The van der Waals surface area contributed by atoms with Crippen LogP contribution in [0.2, 0.25) is 0 Å². The van der Waals surface area contributed by atoms with Crippen molar-refractivity contribution in [2.75, 3.05) is 5.32 Å². The third-order valence-corrected chi connectivity index (χ3v) is 4.52. The van der Waals surface area contributed by atoms with Crippen molar-refractivity contribution in [3.8, 4) is 0 Å². The minimum absolute atomic E-state index is 0.0814. The topological polar surface area (TPSA) is 45.2 Å². The Morgan fingerprint density at radius 2 is 1.81 bits per heavy atom. The molecule has 4 nitrogen and oxygen atoms in total. The third-order valence-electron chi connectivity index (χ3n) is 4.52. The Labute approximate surface area is 151 Å². The van der Waals surface area contributed by atoms with Crippen molar-refractivity contribution >= 4 is 11.6 Å². The molecule has 0 saturated heterocycles. The number of carbonyl (C=O) groups excluding carboxylic acids is 1. The molecule has 1 atom stereocenters. The van der Waals surface area contributed by atoms with Gasteiger partial charge in [-0.15, -0.1) is 0 Å². The summed E-state index contributed by atoms with van der Waals surface area (Å²) in [5, 5.41) is 3.40. The van der Waals surface area contributed by atoms with Crippen LogP contribution in [0.4, 0.5) is 10.1 Å². The highest BCUT2D eigenvalue weighted by Gasteiger charge is 2.37. The lowest BCUT2D eigenvalue weighted by atomic mass is 10.2. The van der Waals surface area contributed by atoms with Crippen LogP contribution in [0.1, 0.15) is 33.3 Å². The predicted molar refractivity (Wildman–Crippen MR) is 98.1 cm³/mol. The van der Waals surface area contributed by atoms with Gasteiger partial charge in [0.25, 0.3) is 5.91 Å². The first-order chi connectivity index (χ1) is 12.6. The number of rotatable bonds is 4. The van der Waals surface area contributed by atoms with E-state index >= 15 is 0 Å². The number of aryl methyl sites for hydroxylation is 1. The van der Waals surface area contributed by atoms with Crippen LogP contribution in [-0.2, 0) is 6.54 Å². The number of anilines is 1. The Kier molecular flexibility index (Phi) is 4.13. The fraction of sp³-hybridized carbons (Fsp3) is 0.143. The van der Waals surface area contributed by atoms with Crippen molar-refractivity contribution in [3.05, 3.63) is 95.1 Å². The van der Waals surface area contributed by atoms with Crippen LogP contribution in [0, 0.1) is 12.7 Å². The number of nitrogens with zero attached hydrogens (tertiary/aromatic N) is 2. The second-order valence-corrected chi connectivity index (χ2v) is 6.41. The van der Waals surface area contributed by atoms with Crippen LogP contribution >= 0.6 is 0 Å². The van der Waals surface area contributed by atoms with Gasteiger partial charge in [-0.25, -0.2) is 4.39 Å². The van der Waals surface area contributed by atoms with Crippen molar-refractivity contribution in [1.29, 1.82) is 0 Å². The summed E-state index contributed by atoms with van der Waals surface area (Å²) >= 11 is 0. The molecule has 0 bridgehead atoms. The second kappa shape index (κ2) is 6.59. The summed E-state index contributed by atoms with van der Waals surface area (Å²) in [6.45, 7) is 2.40. The maximum atomic E-state index is 13.2. The number of halogens is 1. The largest absolute Gasteiger partial charge is 0.360 e. The van der Waals surface area contributed by atoms with Gasteiger partial charge >= 0.3 is 0 Å². The van der Waals surface area contributed by atoms with Crippen LogP contribution in [0.5, 0.6) is 0 Å². The molecule has 1 N–H and O–H groups in total. The summed E-state index contributed by atoms with van der Waals surface area (Å²) in [7, 11) is 0.